The second kappa shape index (κ2) is 27.7. The van der Waals surface area contributed by atoms with Gasteiger partial charge in [0.15, 0.2) is 36.4 Å². The Morgan fingerprint density at radius 1 is 0.435 bits per heavy atom. The molecule has 0 aliphatic carbocycles. The van der Waals surface area contributed by atoms with Crippen LogP contribution in [0.1, 0.15) is 202 Å². The van der Waals surface area contributed by atoms with Crippen LogP contribution in [0.15, 0.2) is 49.1 Å². The number of pyridine rings is 2. The van der Waals surface area contributed by atoms with Gasteiger partial charge in [-0.15, -0.1) is 0 Å². The molecule has 0 atom stereocenters. The molecule has 0 saturated carbocycles. The number of hydrogen-bond acceptors (Lipinski definition) is 2. The first-order valence-corrected chi connectivity index (χ1v) is 19.7. The van der Waals surface area contributed by atoms with Gasteiger partial charge in [-0.2, -0.15) is 0 Å². The van der Waals surface area contributed by atoms with Gasteiger partial charge in [0.1, 0.15) is 13.1 Å². The first kappa shape index (κ1) is 39.8. The Balaban J connectivity index is 1.53. The van der Waals surface area contributed by atoms with E-state index in [-0.39, 0.29) is 11.6 Å². The molecule has 258 valence electrons. The summed E-state index contributed by atoms with van der Waals surface area (Å²) < 4.78 is 4.37. The molecule has 2 aromatic rings. The van der Waals surface area contributed by atoms with Crippen molar-refractivity contribution < 1.29 is 18.7 Å². The van der Waals surface area contributed by atoms with E-state index in [1.165, 1.54) is 128 Å². The molecule has 2 heterocycles. The zero-order valence-corrected chi connectivity index (χ0v) is 30.1. The van der Waals surface area contributed by atoms with Crippen molar-refractivity contribution >= 4 is 11.6 Å². The van der Waals surface area contributed by atoms with Crippen LogP contribution in [0.5, 0.6) is 0 Å². The van der Waals surface area contributed by atoms with Gasteiger partial charge in [-0.3, -0.25) is 9.59 Å². The molecule has 0 aromatic carbocycles. The number of rotatable bonds is 31. The minimum Gasteiger partial charge on any atom is -0.294 e. The predicted molar refractivity (Wildman–Crippen MR) is 193 cm³/mol. The number of carbonyl (C=O) groups is 2. The van der Waals surface area contributed by atoms with Crippen molar-refractivity contribution in [2.45, 2.75) is 194 Å². The molecule has 46 heavy (non-hydrogen) atoms. The lowest BCUT2D eigenvalue weighted by Gasteiger charge is -2.04. The monoisotopic (exact) mass is 635 g/mol. The molecule has 4 heteroatoms. The highest BCUT2D eigenvalue weighted by Crippen LogP contribution is 2.14. The Hall–Kier alpha value is -2.36. The molecule has 0 N–H and O–H groups in total. The number of carbonyl (C=O) groups excluding carboxylic acids is 2. The maximum atomic E-state index is 12.7. The van der Waals surface area contributed by atoms with Crippen LogP contribution in [0.3, 0.4) is 0 Å². The molecular formula is C42H70N2O2+2. The van der Waals surface area contributed by atoms with E-state index in [9.17, 15) is 9.59 Å². The molecule has 0 aliphatic rings. The number of Topliss-reactive ketones (excluding diaryl/α,β-unsaturated/α-hetero) is 2. The smallest absolute Gasteiger partial charge is 0.179 e. The molecule has 2 aromatic heterocycles. The lowest BCUT2D eigenvalue weighted by molar-refractivity contribution is -0.699. The van der Waals surface area contributed by atoms with Gasteiger partial charge >= 0.3 is 0 Å². The Morgan fingerprint density at radius 3 is 1.09 bits per heavy atom. The van der Waals surface area contributed by atoms with Crippen LogP contribution in [-0.2, 0) is 13.1 Å². The third kappa shape index (κ3) is 20.0. The van der Waals surface area contributed by atoms with Gasteiger partial charge in [0.05, 0.1) is 11.1 Å². The van der Waals surface area contributed by atoms with Gasteiger partial charge in [-0.05, 0) is 37.8 Å². The van der Waals surface area contributed by atoms with E-state index in [0.29, 0.717) is 12.8 Å². The average Bonchev–Trinajstić information content (AvgIpc) is 3.08. The molecule has 0 radical (unpaired) electrons. The second-order valence-electron chi connectivity index (χ2n) is 13.8. The van der Waals surface area contributed by atoms with Crippen molar-refractivity contribution in [2.24, 2.45) is 0 Å². The molecule has 4 nitrogen and oxygen atoms in total. The maximum absolute atomic E-state index is 12.7. The van der Waals surface area contributed by atoms with Crippen molar-refractivity contribution in [3.63, 3.8) is 0 Å². The van der Waals surface area contributed by atoms with Crippen LogP contribution < -0.4 is 9.13 Å². The average molecular weight is 635 g/mol. The molecule has 0 fully saturated rings. The maximum Gasteiger partial charge on any atom is 0.179 e. The van der Waals surface area contributed by atoms with Crippen LogP contribution >= 0.6 is 0 Å². The van der Waals surface area contributed by atoms with Crippen molar-refractivity contribution in [2.75, 3.05) is 0 Å². The molecular weight excluding hydrogens is 564 g/mol. The third-order valence-electron chi connectivity index (χ3n) is 9.46. The van der Waals surface area contributed by atoms with Gasteiger partial charge in [0.2, 0.25) is 0 Å². The first-order valence-electron chi connectivity index (χ1n) is 19.7. The summed E-state index contributed by atoms with van der Waals surface area (Å²) in [6, 6.07) is 7.99. The summed E-state index contributed by atoms with van der Waals surface area (Å²) in [7, 11) is 0. The quantitative estimate of drug-likeness (QED) is 0.0470. The highest BCUT2D eigenvalue weighted by Gasteiger charge is 2.12. The van der Waals surface area contributed by atoms with E-state index in [4.69, 9.17) is 0 Å². The first-order chi connectivity index (χ1) is 22.6. The summed E-state index contributed by atoms with van der Waals surface area (Å²) in [5, 5.41) is 0. The summed E-state index contributed by atoms with van der Waals surface area (Å²) in [5.41, 5.74) is 1.72. The molecule has 0 amide bonds. The molecule has 0 bridgehead atoms. The molecule has 2 rings (SSSR count). The molecule has 0 saturated heterocycles. The van der Waals surface area contributed by atoms with Crippen LogP contribution in [-0.4, -0.2) is 11.6 Å². The Labute approximate surface area is 283 Å². The number of ketones is 2. The fourth-order valence-electron chi connectivity index (χ4n) is 6.43. The van der Waals surface area contributed by atoms with Crippen molar-refractivity contribution in [3.05, 3.63) is 60.2 Å². The summed E-state index contributed by atoms with van der Waals surface area (Å²) in [6.45, 7) is 6.44. The standard InChI is InChI=1S/C42H70N2O2/c1-3-5-7-9-11-13-15-17-19-23-31-41(45)39-29-27-35-43(37-39)33-25-21-22-26-34-44-36-28-30-40(38-44)42(46)32-24-20-18-16-14-12-10-8-6-4-2/h27-30,35-38H,3-26,31-34H2,1-2H3/q+2. The number of unbranched alkanes of at least 4 members (excludes halogenated alkanes) is 21. The van der Waals surface area contributed by atoms with Crippen LogP contribution in [0.4, 0.5) is 0 Å². The Kier molecular flexibility index (Phi) is 24.0. The number of hydrogen-bond donors (Lipinski definition) is 0. The summed E-state index contributed by atoms with van der Waals surface area (Å²) in [4.78, 5) is 25.5. The van der Waals surface area contributed by atoms with Gasteiger partial charge in [-0.25, -0.2) is 9.13 Å². The van der Waals surface area contributed by atoms with Crippen molar-refractivity contribution in [3.8, 4) is 0 Å². The summed E-state index contributed by atoms with van der Waals surface area (Å²) in [6.07, 6.45) is 40.1. The Morgan fingerprint density at radius 2 is 0.739 bits per heavy atom. The van der Waals surface area contributed by atoms with E-state index in [1.54, 1.807) is 0 Å². The fourth-order valence-corrected chi connectivity index (χ4v) is 6.43. The number of aryl methyl sites for hydroxylation is 2. The largest absolute Gasteiger partial charge is 0.294 e. The van der Waals surface area contributed by atoms with Gasteiger partial charge in [-0.1, -0.05) is 129 Å². The molecule has 0 unspecified atom stereocenters. The van der Waals surface area contributed by atoms with E-state index in [1.807, 2.05) is 36.7 Å². The number of nitrogens with zero attached hydrogens (tertiary/aromatic N) is 2. The predicted octanol–water partition coefficient (Wildman–Crippen LogP) is 11.5. The lowest BCUT2D eigenvalue weighted by Crippen LogP contribution is -2.34. The van der Waals surface area contributed by atoms with Crippen LogP contribution in [0, 0.1) is 0 Å². The number of aromatic nitrogens is 2. The normalized spacial score (nSPS) is 11.3. The Bertz CT molecular complexity index is 966. The van der Waals surface area contributed by atoms with Crippen molar-refractivity contribution in [1.29, 1.82) is 0 Å². The van der Waals surface area contributed by atoms with E-state index >= 15 is 0 Å². The molecule has 0 aliphatic heterocycles. The van der Waals surface area contributed by atoms with Gasteiger partial charge in [0.25, 0.3) is 0 Å². The highest BCUT2D eigenvalue weighted by atomic mass is 16.1. The second-order valence-corrected chi connectivity index (χ2v) is 13.8. The topological polar surface area (TPSA) is 41.9 Å². The summed E-state index contributed by atoms with van der Waals surface area (Å²) >= 11 is 0. The minimum absolute atomic E-state index is 0.287. The van der Waals surface area contributed by atoms with Gasteiger partial charge < -0.3 is 0 Å². The third-order valence-corrected chi connectivity index (χ3v) is 9.46. The van der Waals surface area contributed by atoms with Crippen LogP contribution in [0.2, 0.25) is 0 Å². The van der Waals surface area contributed by atoms with Crippen LogP contribution in [0.25, 0.3) is 0 Å². The minimum atomic E-state index is 0.287. The van der Waals surface area contributed by atoms with Crippen molar-refractivity contribution in [1.82, 2.24) is 0 Å². The SMILES string of the molecule is CCCCCCCCCCCCC(=O)c1ccc[n+](CCCCCC[n+]2cccc(C(=O)CCCCCCCCCCCC)c2)c1. The molecule has 0 spiro atoms. The fraction of sp³-hybridized carbons (Fsp3) is 0.714. The lowest BCUT2D eigenvalue weighted by atomic mass is 10.0. The summed E-state index contributed by atoms with van der Waals surface area (Å²) in [5.74, 6) is 0.574. The van der Waals surface area contributed by atoms with E-state index < -0.39 is 0 Å². The van der Waals surface area contributed by atoms with Gasteiger partial charge in [0, 0.05) is 37.8 Å². The zero-order chi connectivity index (χ0) is 32.9. The van der Waals surface area contributed by atoms with E-state index in [2.05, 4.69) is 35.4 Å². The highest BCUT2D eigenvalue weighted by molar-refractivity contribution is 5.95. The zero-order valence-electron chi connectivity index (χ0n) is 30.1. The van der Waals surface area contributed by atoms with E-state index in [0.717, 1.165) is 49.9 Å².